The minimum atomic E-state index is -2.65. The molecule has 1 unspecified atom stereocenters. The molecule has 12 nitrogen and oxygen atoms in total. The first kappa shape index (κ1) is 32.0. The molecule has 3 fully saturated rings. The number of nitrogens with two attached hydrogens (primary N) is 1. The number of nitrogen functional groups attached to an aromatic ring is 1. The van der Waals surface area contributed by atoms with Gasteiger partial charge in [-0.3, -0.25) is 34.1 Å². The van der Waals surface area contributed by atoms with Crippen LogP contribution in [0.3, 0.4) is 0 Å². The SMILES string of the molecule is Nc1cn(C2CCC(CN3CCC(OCCCNc4cccc5c4C(=O)N(C4CCC(=O)NC4=O)C5=O)CC3)CC2)nc1C(F)F. The Bertz CT molecular complexity index is 1470. The number of ether oxygens (including phenoxy) is 1. The first-order valence-electron chi connectivity index (χ1n) is 16.2. The number of piperidine rings is 2. The fourth-order valence-electron chi connectivity index (χ4n) is 7.20. The van der Waals surface area contributed by atoms with Gasteiger partial charge in [0.05, 0.1) is 29.0 Å². The number of likely N-dealkylation sites (tertiary alicyclic amines) is 1. The number of nitrogens with one attached hydrogen (secondary N) is 2. The molecule has 1 aromatic heterocycles. The Morgan fingerprint density at radius 3 is 2.48 bits per heavy atom. The van der Waals surface area contributed by atoms with E-state index in [1.807, 2.05) is 0 Å². The Morgan fingerprint density at radius 1 is 1.02 bits per heavy atom. The summed E-state index contributed by atoms with van der Waals surface area (Å²) in [6.07, 6.45) is 5.83. The summed E-state index contributed by atoms with van der Waals surface area (Å²) in [5.41, 5.74) is 6.50. The van der Waals surface area contributed by atoms with E-state index in [-0.39, 0.29) is 47.5 Å². The molecule has 4 aliphatic rings. The van der Waals surface area contributed by atoms with Crippen LogP contribution in [0.25, 0.3) is 0 Å². The summed E-state index contributed by atoms with van der Waals surface area (Å²) in [5.74, 6) is -1.50. The number of fused-ring (bicyclic) bond motifs is 1. The number of hydrogen-bond acceptors (Lipinski definition) is 9. The fourth-order valence-corrected chi connectivity index (χ4v) is 7.20. The predicted octanol–water partition coefficient (Wildman–Crippen LogP) is 3.52. The first-order chi connectivity index (χ1) is 22.2. The standard InChI is InChI=1S/C32H41F2N7O5/c33-29(34)28-23(35)18-40(38-28)20-7-5-19(6-8-20)17-39-14-11-21(12-15-39)46-16-2-13-36-24-4-1-3-22-27(24)32(45)41(31(22)44)25-9-10-26(42)37-30(25)43/h1,3-4,18-21,25,29,36H,2,5-17,35H2,(H,37,42,43). The molecule has 4 N–H and O–H groups in total. The number of imide groups is 2. The van der Waals surface area contributed by atoms with Gasteiger partial charge in [0.2, 0.25) is 11.8 Å². The second-order valence-corrected chi connectivity index (χ2v) is 12.8. The third kappa shape index (κ3) is 6.77. The van der Waals surface area contributed by atoms with Crippen molar-refractivity contribution >= 4 is 35.0 Å². The van der Waals surface area contributed by atoms with Crippen molar-refractivity contribution in [3.05, 3.63) is 41.2 Å². The highest BCUT2D eigenvalue weighted by Gasteiger charge is 2.45. The Hall–Kier alpha value is -3.91. The minimum Gasteiger partial charge on any atom is -0.396 e. The van der Waals surface area contributed by atoms with Crippen molar-refractivity contribution in [2.45, 2.75) is 82.4 Å². The van der Waals surface area contributed by atoms with E-state index < -0.39 is 36.1 Å². The van der Waals surface area contributed by atoms with E-state index in [0.29, 0.717) is 31.2 Å². The highest BCUT2D eigenvalue weighted by molar-refractivity contribution is 6.25. The second-order valence-electron chi connectivity index (χ2n) is 12.8. The molecule has 4 amide bonds. The van der Waals surface area contributed by atoms with Crippen LogP contribution in [0.2, 0.25) is 0 Å². The molecule has 1 saturated carbocycles. The summed E-state index contributed by atoms with van der Waals surface area (Å²) in [6, 6.07) is 4.16. The molecule has 4 heterocycles. The summed E-state index contributed by atoms with van der Waals surface area (Å²) in [7, 11) is 0. The van der Waals surface area contributed by atoms with E-state index in [1.54, 1.807) is 29.1 Å². The maximum atomic E-state index is 13.2. The van der Waals surface area contributed by atoms with Crippen LogP contribution in [0.5, 0.6) is 0 Å². The normalized spacial score (nSPS) is 24.5. The lowest BCUT2D eigenvalue weighted by atomic mass is 9.85. The monoisotopic (exact) mass is 641 g/mol. The lowest BCUT2D eigenvalue weighted by Crippen LogP contribution is -2.54. The number of hydrogen-bond donors (Lipinski definition) is 3. The van der Waals surface area contributed by atoms with Gasteiger partial charge in [-0.1, -0.05) is 6.07 Å². The zero-order valence-electron chi connectivity index (χ0n) is 25.8. The van der Waals surface area contributed by atoms with Gasteiger partial charge in [-0.05, 0) is 69.4 Å². The van der Waals surface area contributed by atoms with E-state index >= 15 is 0 Å². The summed E-state index contributed by atoms with van der Waals surface area (Å²) in [4.78, 5) is 53.6. The predicted molar refractivity (Wildman–Crippen MR) is 164 cm³/mol. The van der Waals surface area contributed by atoms with Gasteiger partial charge in [-0.25, -0.2) is 8.78 Å². The molecule has 6 rings (SSSR count). The Balaban J connectivity index is 0.889. The van der Waals surface area contributed by atoms with Gasteiger partial charge < -0.3 is 20.7 Å². The van der Waals surface area contributed by atoms with E-state index in [2.05, 4.69) is 20.6 Å². The van der Waals surface area contributed by atoms with Crippen LogP contribution in [0.15, 0.2) is 24.4 Å². The van der Waals surface area contributed by atoms with Gasteiger partial charge in [-0.15, -0.1) is 0 Å². The summed E-state index contributed by atoms with van der Waals surface area (Å²) >= 11 is 0. The smallest absolute Gasteiger partial charge is 0.284 e. The van der Waals surface area contributed by atoms with Gasteiger partial charge in [0.25, 0.3) is 18.2 Å². The van der Waals surface area contributed by atoms with Crippen LogP contribution in [-0.4, -0.2) is 88.1 Å². The van der Waals surface area contributed by atoms with Crippen LogP contribution in [0, 0.1) is 5.92 Å². The number of aromatic nitrogens is 2. The number of amides is 4. The fraction of sp³-hybridized carbons (Fsp3) is 0.594. The third-order valence-electron chi connectivity index (χ3n) is 9.70. The molecule has 2 saturated heterocycles. The molecular weight excluding hydrogens is 600 g/mol. The highest BCUT2D eigenvalue weighted by Crippen LogP contribution is 2.35. The highest BCUT2D eigenvalue weighted by atomic mass is 19.3. The molecule has 0 spiro atoms. The number of rotatable bonds is 11. The van der Waals surface area contributed by atoms with E-state index in [0.717, 1.165) is 63.1 Å². The van der Waals surface area contributed by atoms with E-state index in [9.17, 15) is 28.0 Å². The van der Waals surface area contributed by atoms with Crippen LogP contribution in [0.4, 0.5) is 20.2 Å². The Kier molecular flexibility index (Phi) is 9.64. The second kappa shape index (κ2) is 13.8. The van der Waals surface area contributed by atoms with Gasteiger partial charge in [-0.2, -0.15) is 5.10 Å². The van der Waals surface area contributed by atoms with Gasteiger partial charge in [0.15, 0.2) is 5.69 Å². The molecule has 248 valence electrons. The average molecular weight is 642 g/mol. The molecule has 1 atom stereocenters. The van der Waals surface area contributed by atoms with Crippen LogP contribution in [-0.2, 0) is 14.3 Å². The van der Waals surface area contributed by atoms with E-state index in [4.69, 9.17) is 10.5 Å². The molecule has 1 aromatic carbocycles. The van der Waals surface area contributed by atoms with Crippen molar-refractivity contribution in [3.63, 3.8) is 0 Å². The molecule has 0 radical (unpaired) electrons. The number of anilines is 2. The number of halogens is 2. The lowest BCUT2D eigenvalue weighted by molar-refractivity contribution is -0.136. The molecule has 14 heteroatoms. The molecule has 0 bridgehead atoms. The summed E-state index contributed by atoms with van der Waals surface area (Å²) in [6.45, 7) is 4.11. The van der Waals surface area contributed by atoms with Crippen LogP contribution < -0.4 is 16.4 Å². The number of alkyl halides is 2. The first-order valence-corrected chi connectivity index (χ1v) is 16.2. The van der Waals surface area contributed by atoms with Gasteiger partial charge in [0, 0.05) is 51.1 Å². The van der Waals surface area contributed by atoms with E-state index in [1.165, 1.54) is 0 Å². The maximum Gasteiger partial charge on any atom is 0.284 e. The molecule has 2 aromatic rings. The van der Waals surface area contributed by atoms with Crippen molar-refractivity contribution in [2.75, 3.05) is 43.8 Å². The number of nitrogens with zero attached hydrogens (tertiary/aromatic N) is 4. The van der Waals surface area contributed by atoms with Gasteiger partial charge in [0.1, 0.15) is 6.04 Å². The van der Waals surface area contributed by atoms with Crippen molar-refractivity contribution in [1.29, 1.82) is 0 Å². The summed E-state index contributed by atoms with van der Waals surface area (Å²) in [5, 5.41) is 9.52. The van der Waals surface area contributed by atoms with Crippen LogP contribution in [0.1, 0.15) is 96.7 Å². The lowest BCUT2D eigenvalue weighted by Gasteiger charge is -2.36. The zero-order valence-corrected chi connectivity index (χ0v) is 25.8. The minimum absolute atomic E-state index is 0.0621. The quantitative estimate of drug-likeness (QED) is 0.247. The number of carbonyl (C=O) groups is 4. The Labute approximate surface area is 266 Å². The third-order valence-corrected chi connectivity index (χ3v) is 9.70. The Morgan fingerprint density at radius 2 is 1.78 bits per heavy atom. The maximum absolute atomic E-state index is 13.2. The van der Waals surface area contributed by atoms with Crippen molar-refractivity contribution in [1.82, 2.24) is 24.9 Å². The van der Waals surface area contributed by atoms with Crippen molar-refractivity contribution in [2.24, 2.45) is 5.92 Å². The molecule has 46 heavy (non-hydrogen) atoms. The average Bonchev–Trinajstić information content (AvgIpc) is 3.55. The van der Waals surface area contributed by atoms with Gasteiger partial charge >= 0.3 is 0 Å². The largest absolute Gasteiger partial charge is 0.396 e. The van der Waals surface area contributed by atoms with Crippen molar-refractivity contribution in [3.8, 4) is 0 Å². The number of benzene rings is 1. The van der Waals surface area contributed by atoms with Crippen LogP contribution >= 0.6 is 0 Å². The molecule has 1 aliphatic carbocycles. The number of carbonyl (C=O) groups excluding carboxylic acids is 4. The zero-order chi connectivity index (χ0) is 32.4. The molecule has 3 aliphatic heterocycles. The summed E-state index contributed by atoms with van der Waals surface area (Å²) < 4.78 is 33.9. The van der Waals surface area contributed by atoms with Crippen molar-refractivity contribution < 1.29 is 32.7 Å². The topological polar surface area (TPSA) is 152 Å². The molecular formula is C32H41F2N7O5.